The summed E-state index contributed by atoms with van der Waals surface area (Å²) in [5.41, 5.74) is 4.92. The molecular weight excluding hydrogens is 296 g/mol. The molecule has 4 rings (SSSR count). The third-order valence-corrected chi connectivity index (χ3v) is 4.78. The second-order valence-electron chi connectivity index (χ2n) is 6.74. The van der Waals surface area contributed by atoms with Gasteiger partial charge in [0, 0.05) is 18.9 Å². The average Bonchev–Trinajstić information content (AvgIpc) is 3.35. The summed E-state index contributed by atoms with van der Waals surface area (Å²) in [4.78, 5) is 4.07. The maximum atomic E-state index is 10.1. The second-order valence-corrected chi connectivity index (χ2v) is 6.74. The number of imidazole rings is 1. The van der Waals surface area contributed by atoms with Gasteiger partial charge in [-0.15, -0.1) is 0 Å². The van der Waals surface area contributed by atoms with Crippen LogP contribution in [0.1, 0.15) is 24.0 Å². The summed E-state index contributed by atoms with van der Waals surface area (Å²) in [6, 6.07) is 17.3. The molecule has 0 spiro atoms. The van der Waals surface area contributed by atoms with E-state index in [-0.39, 0.29) is 6.10 Å². The largest absolute Gasteiger partial charge is 0.392 e. The summed E-state index contributed by atoms with van der Waals surface area (Å²) in [5.74, 6) is 0.535. The van der Waals surface area contributed by atoms with E-state index in [1.165, 1.54) is 35.1 Å². The number of nitrogens with zero attached hydrogens (tertiary/aromatic N) is 2. The van der Waals surface area contributed by atoms with E-state index in [4.69, 9.17) is 0 Å². The van der Waals surface area contributed by atoms with Crippen LogP contribution in [0.25, 0.3) is 11.1 Å². The second kappa shape index (κ2) is 6.62. The Morgan fingerprint density at radius 1 is 0.958 bits per heavy atom. The van der Waals surface area contributed by atoms with Gasteiger partial charge >= 0.3 is 0 Å². The van der Waals surface area contributed by atoms with Crippen LogP contribution >= 0.6 is 0 Å². The molecule has 3 nitrogen and oxygen atoms in total. The van der Waals surface area contributed by atoms with E-state index in [1.54, 1.807) is 6.20 Å². The lowest BCUT2D eigenvalue weighted by Crippen LogP contribution is -2.12. The van der Waals surface area contributed by atoms with E-state index in [9.17, 15) is 5.11 Å². The van der Waals surface area contributed by atoms with Gasteiger partial charge in [-0.05, 0) is 47.4 Å². The molecule has 1 aliphatic rings. The minimum absolute atomic E-state index is 0.168. The monoisotopic (exact) mass is 318 g/mol. The van der Waals surface area contributed by atoms with Gasteiger partial charge in [0.25, 0.3) is 0 Å². The Hall–Kier alpha value is -2.39. The highest BCUT2D eigenvalue weighted by Crippen LogP contribution is 2.34. The van der Waals surface area contributed by atoms with Crippen molar-refractivity contribution in [2.24, 2.45) is 5.92 Å². The van der Waals surface area contributed by atoms with Gasteiger partial charge < -0.3 is 9.67 Å². The van der Waals surface area contributed by atoms with Crippen molar-refractivity contribution in [2.75, 3.05) is 0 Å². The van der Waals surface area contributed by atoms with Crippen molar-refractivity contribution in [3.05, 3.63) is 78.4 Å². The van der Waals surface area contributed by atoms with Gasteiger partial charge in [-0.25, -0.2) is 4.98 Å². The van der Waals surface area contributed by atoms with Crippen LogP contribution in [0.5, 0.6) is 0 Å². The van der Waals surface area contributed by atoms with Crippen molar-refractivity contribution in [2.45, 2.75) is 31.9 Å². The quantitative estimate of drug-likeness (QED) is 0.748. The zero-order valence-electron chi connectivity index (χ0n) is 13.7. The first kappa shape index (κ1) is 15.2. The van der Waals surface area contributed by atoms with E-state index in [2.05, 4.69) is 58.1 Å². The van der Waals surface area contributed by atoms with Crippen LogP contribution in [0.4, 0.5) is 0 Å². The number of hydrogen-bond acceptors (Lipinski definition) is 2. The molecule has 0 saturated heterocycles. The summed E-state index contributed by atoms with van der Waals surface area (Å²) >= 11 is 0. The Morgan fingerprint density at radius 3 is 2.12 bits per heavy atom. The van der Waals surface area contributed by atoms with E-state index in [0.29, 0.717) is 5.92 Å². The number of aliphatic hydroxyl groups excluding tert-OH is 1. The molecule has 0 bridgehead atoms. The smallest absolute Gasteiger partial charge is 0.0949 e. The van der Waals surface area contributed by atoms with Crippen molar-refractivity contribution >= 4 is 0 Å². The molecular formula is C21H22N2O. The summed E-state index contributed by atoms with van der Waals surface area (Å²) in [6.45, 7) is 0.846. The van der Waals surface area contributed by atoms with Crippen LogP contribution in [-0.2, 0) is 13.0 Å². The van der Waals surface area contributed by atoms with Crippen molar-refractivity contribution in [3.63, 3.8) is 0 Å². The third kappa shape index (κ3) is 3.57. The van der Waals surface area contributed by atoms with Crippen molar-refractivity contribution in [1.29, 1.82) is 0 Å². The molecule has 1 aromatic heterocycles. The zero-order valence-corrected chi connectivity index (χ0v) is 13.7. The number of aromatic nitrogens is 2. The number of aliphatic hydroxyl groups is 1. The lowest BCUT2D eigenvalue weighted by atomic mass is 9.99. The SMILES string of the molecule is OC(Cc1ccc(-c2ccc(Cn3ccnc3)cc2)cc1)C1CC1. The molecule has 0 radical (unpaired) electrons. The van der Waals surface area contributed by atoms with Crippen molar-refractivity contribution < 1.29 is 5.11 Å². The molecule has 2 aromatic carbocycles. The van der Waals surface area contributed by atoms with Crippen LogP contribution in [-0.4, -0.2) is 20.8 Å². The van der Waals surface area contributed by atoms with E-state index in [1.807, 2.05) is 12.5 Å². The fraction of sp³-hybridized carbons (Fsp3) is 0.286. The maximum absolute atomic E-state index is 10.1. The Bertz CT molecular complexity index is 772. The zero-order chi connectivity index (χ0) is 16.4. The number of benzene rings is 2. The van der Waals surface area contributed by atoms with Gasteiger partial charge in [0.15, 0.2) is 0 Å². The molecule has 3 heteroatoms. The fourth-order valence-electron chi connectivity index (χ4n) is 3.12. The molecule has 1 heterocycles. The molecule has 3 aromatic rings. The molecule has 0 aliphatic heterocycles. The van der Waals surface area contributed by atoms with Gasteiger partial charge in [-0.2, -0.15) is 0 Å². The van der Waals surface area contributed by atoms with E-state index < -0.39 is 0 Å². The van der Waals surface area contributed by atoms with Crippen LogP contribution < -0.4 is 0 Å². The van der Waals surface area contributed by atoms with Gasteiger partial charge in [-0.1, -0.05) is 48.5 Å². The van der Waals surface area contributed by atoms with Gasteiger partial charge in [0.05, 0.1) is 12.4 Å². The molecule has 1 aliphatic carbocycles. The Labute approximate surface area is 142 Å². The first-order chi connectivity index (χ1) is 11.8. The molecule has 1 saturated carbocycles. The van der Waals surface area contributed by atoms with Gasteiger partial charge in [0.1, 0.15) is 0 Å². The first-order valence-corrected chi connectivity index (χ1v) is 8.60. The topological polar surface area (TPSA) is 38.0 Å². The van der Waals surface area contributed by atoms with Crippen molar-refractivity contribution in [1.82, 2.24) is 9.55 Å². The fourth-order valence-corrected chi connectivity index (χ4v) is 3.12. The minimum Gasteiger partial charge on any atom is -0.392 e. The Morgan fingerprint density at radius 2 is 1.58 bits per heavy atom. The molecule has 24 heavy (non-hydrogen) atoms. The minimum atomic E-state index is -0.168. The lowest BCUT2D eigenvalue weighted by Gasteiger charge is -2.10. The highest BCUT2D eigenvalue weighted by atomic mass is 16.3. The standard InChI is InChI=1S/C21H22N2O/c24-21(20-9-10-20)13-16-1-5-18(6-2-16)19-7-3-17(4-8-19)14-23-12-11-22-15-23/h1-8,11-12,15,20-21,24H,9-10,13-14H2. The summed E-state index contributed by atoms with van der Waals surface area (Å²) < 4.78 is 2.06. The molecule has 1 fully saturated rings. The molecule has 122 valence electrons. The number of rotatable bonds is 6. The summed E-state index contributed by atoms with van der Waals surface area (Å²) in [6.07, 6.45) is 8.59. The molecule has 1 atom stereocenters. The predicted octanol–water partition coefficient (Wildman–Crippen LogP) is 3.91. The first-order valence-electron chi connectivity index (χ1n) is 8.60. The van der Waals surface area contributed by atoms with Crippen LogP contribution in [0.3, 0.4) is 0 Å². The highest BCUT2D eigenvalue weighted by molar-refractivity contribution is 5.64. The molecule has 1 unspecified atom stereocenters. The normalized spacial score (nSPS) is 15.4. The lowest BCUT2D eigenvalue weighted by molar-refractivity contribution is 0.151. The number of hydrogen-bond donors (Lipinski definition) is 1. The average molecular weight is 318 g/mol. The van der Waals surface area contributed by atoms with Crippen LogP contribution in [0.15, 0.2) is 67.3 Å². The van der Waals surface area contributed by atoms with E-state index >= 15 is 0 Å². The Balaban J connectivity index is 1.43. The predicted molar refractivity (Wildman–Crippen MR) is 95.6 cm³/mol. The van der Waals surface area contributed by atoms with Gasteiger partial charge in [-0.3, -0.25) is 0 Å². The summed E-state index contributed by atoms with van der Waals surface area (Å²) in [7, 11) is 0. The third-order valence-electron chi connectivity index (χ3n) is 4.78. The summed E-state index contributed by atoms with van der Waals surface area (Å²) in [5, 5.41) is 10.1. The van der Waals surface area contributed by atoms with Gasteiger partial charge in [0.2, 0.25) is 0 Å². The molecule has 0 amide bonds. The molecule has 1 N–H and O–H groups in total. The maximum Gasteiger partial charge on any atom is 0.0949 e. The van der Waals surface area contributed by atoms with Crippen molar-refractivity contribution in [3.8, 4) is 11.1 Å². The van der Waals surface area contributed by atoms with Crippen LogP contribution in [0, 0.1) is 5.92 Å². The van der Waals surface area contributed by atoms with E-state index in [0.717, 1.165) is 13.0 Å². The Kier molecular flexibility index (Phi) is 4.18. The highest BCUT2D eigenvalue weighted by Gasteiger charge is 2.29. The van der Waals surface area contributed by atoms with Crippen LogP contribution in [0.2, 0.25) is 0 Å².